The van der Waals surface area contributed by atoms with Gasteiger partial charge in [0.25, 0.3) is 0 Å². The van der Waals surface area contributed by atoms with Crippen molar-refractivity contribution >= 4 is 0 Å². The van der Waals surface area contributed by atoms with Gasteiger partial charge >= 0.3 is 0 Å². The largest absolute Gasteiger partial charge is 0.393 e. The Labute approximate surface area is 94.3 Å². The molecule has 0 radical (unpaired) electrons. The summed E-state index contributed by atoms with van der Waals surface area (Å²) < 4.78 is 26.3. The van der Waals surface area contributed by atoms with E-state index in [2.05, 4.69) is 5.32 Å². The lowest BCUT2D eigenvalue weighted by Crippen LogP contribution is -2.20. The first-order valence-corrected chi connectivity index (χ1v) is 5.46. The van der Waals surface area contributed by atoms with Crippen LogP contribution in [0.5, 0.6) is 0 Å². The van der Waals surface area contributed by atoms with Crippen LogP contribution < -0.4 is 5.32 Å². The first kappa shape index (κ1) is 13.1. The van der Waals surface area contributed by atoms with Crippen molar-refractivity contribution < 1.29 is 13.9 Å². The third-order valence-corrected chi connectivity index (χ3v) is 2.49. The predicted octanol–water partition coefficient (Wildman–Crippen LogP) is 2.22. The van der Waals surface area contributed by atoms with Crippen molar-refractivity contribution in [1.82, 2.24) is 5.32 Å². The van der Waals surface area contributed by atoms with E-state index in [1.54, 1.807) is 0 Å². The van der Waals surface area contributed by atoms with E-state index in [4.69, 9.17) is 0 Å². The lowest BCUT2D eigenvalue weighted by atomic mass is 10.2. The van der Waals surface area contributed by atoms with Crippen molar-refractivity contribution in [3.8, 4) is 0 Å². The van der Waals surface area contributed by atoms with Crippen LogP contribution in [0.4, 0.5) is 8.78 Å². The molecule has 0 aliphatic rings. The fourth-order valence-corrected chi connectivity index (χ4v) is 1.39. The summed E-state index contributed by atoms with van der Waals surface area (Å²) in [5, 5.41) is 12.2. The first-order chi connectivity index (χ1) is 7.65. The SMILES string of the molecule is CCC(O)CCNCc1c(F)cccc1F. The molecule has 0 fully saturated rings. The van der Waals surface area contributed by atoms with E-state index >= 15 is 0 Å². The number of aliphatic hydroxyl groups is 1. The van der Waals surface area contributed by atoms with Crippen LogP contribution >= 0.6 is 0 Å². The van der Waals surface area contributed by atoms with E-state index in [0.717, 1.165) is 0 Å². The molecule has 0 saturated heterocycles. The molecule has 1 atom stereocenters. The maximum Gasteiger partial charge on any atom is 0.130 e. The summed E-state index contributed by atoms with van der Waals surface area (Å²) in [6.07, 6.45) is 0.931. The molecule has 0 amide bonds. The number of benzene rings is 1. The number of nitrogens with one attached hydrogen (secondary N) is 1. The molecule has 0 spiro atoms. The zero-order chi connectivity index (χ0) is 12.0. The molecule has 2 N–H and O–H groups in total. The van der Waals surface area contributed by atoms with Gasteiger partial charge in [-0.2, -0.15) is 0 Å². The van der Waals surface area contributed by atoms with Crippen LogP contribution in [0.25, 0.3) is 0 Å². The number of rotatable bonds is 6. The number of hydrogen-bond acceptors (Lipinski definition) is 2. The molecular weight excluding hydrogens is 212 g/mol. The normalized spacial score (nSPS) is 12.8. The van der Waals surface area contributed by atoms with Crippen LogP contribution in [0.3, 0.4) is 0 Å². The van der Waals surface area contributed by atoms with Crippen molar-refractivity contribution in [2.45, 2.75) is 32.4 Å². The Morgan fingerprint density at radius 1 is 1.31 bits per heavy atom. The Bertz CT molecular complexity index is 311. The standard InChI is InChI=1S/C12H17F2NO/c1-2-9(16)6-7-15-8-10-11(13)4-3-5-12(10)14/h3-5,9,15-16H,2,6-8H2,1H3. The fourth-order valence-electron chi connectivity index (χ4n) is 1.39. The van der Waals surface area contributed by atoms with Gasteiger partial charge < -0.3 is 10.4 Å². The van der Waals surface area contributed by atoms with Crippen molar-refractivity contribution in [2.75, 3.05) is 6.54 Å². The molecule has 4 heteroatoms. The van der Waals surface area contributed by atoms with Gasteiger partial charge in [0.05, 0.1) is 6.10 Å². The second-order valence-electron chi connectivity index (χ2n) is 3.73. The summed E-state index contributed by atoms with van der Waals surface area (Å²) in [5.74, 6) is -1.08. The summed E-state index contributed by atoms with van der Waals surface area (Å²) in [7, 11) is 0. The molecule has 2 nitrogen and oxygen atoms in total. The van der Waals surface area contributed by atoms with Crippen LogP contribution in [-0.4, -0.2) is 17.8 Å². The van der Waals surface area contributed by atoms with E-state index in [-0.39, 0.29) is 18.2 Å². The van der Waals surface area contributed by atoms with E-state index in [1.165, 1.54) is 18.2 Å². The lowest BCUT2D eigenvalue weighted by molar-refractivity contribution is 0.159. The molecule has 0 aliphatic heterocycles. The molecule has 0 saturated carbocycles. The molecule has 90 valence electrons. The zero-order valence-corrected chi connectivity index (χ0v) is 9.34. The molecule has 1 aromatic rings. The second-order valence-corrected chi connectivity index (χ2v) is 3.73. The van der Waals surface area contributed by atoms with Crippen LogP contribution in [-0.2, 0) is 6.54 Å². The minimum absolute atomic E-state index is 0.0495. The van der Waals surface area contributed by atoms with Gasteiger partial charge in [-0.1, -0.05) is 13.0 Å². The Morgan fingerprint density at radius 2 is 1.94 bits per heavy atom. The first-order valence-electron chi connectivity index (χ1n) is 5.46. The zero-order valence-electron chi connectivity index (χ0n) is 9.34. The highest BCUT2D eigenvalue weighted by Gasteiger charge is 2.07. The average molecular weight is 229 g/mol. The topological polar surface area (TPSA) is 32.3 Å². The fraction of sp³-hybridized carbons (Fsp3) is 0.500. The maximum atomic E-state index is 13.2. The summed E-state index contributed by atoms with van der Waals surface area (Å²) in [6, 6.07) is 3.82. The van der Waals surface area contributed by atoms with Gasteiger partial charge in [-0.15, -0.1) is 0 Å². The van der Waals surface area contributed by atoms with Gasteiger partial charge in [-0.3, -0.25) is 0 Å². The number of aliphatic hydroxyl groups excluding tert-OH is 1. The third kappa shape index (κ3) is 3.87. The van der Waals surface area contributed by atoms with E-state index in [9.17, 15) is 13.9 Å². The van der Waals surface area contributed by atoms with Gasteiger partial charge in [0.1, 0.15) is 11.6 Å². The molecule has 0 heterocycles. The third-order valence-electron chi connectivity index (χ3n) is 2.49. The second kappa shape index (κ2) is 6.55. The minimum atomic E-state index is -0.538. The molecule has 1 aromatic carbocycles. The summed E-state index contributed by atoms with van der Waals surface area (Å²) in [5.41, 5.74) is 0.0495. The van der Waals surface area contributed by atoms with Gasteiger partial charge in [-0.05, 0) is 31.5 Å². The molecular formula is C12H17F2NO. The molecule has 0 aromatic heterocycles. The molecule has 0 aliphatic carbocycles. The highest BCUT2D eigenvalue weighted by Crippen LogP contribution is 2.11. The smallest absolute Gasteiger partial charge is 0.130 e. The van der Waals surface area contributed by atoms with Crippen LogP contribution in [0.1, 0.15) is 25.3 Å². The highest BCUT2D eigenvalue weighted by atomic mass is 19.1. The van der Waals surface area contributed by atoms with Crippen molar-refractivity contribution in [3.63, 3.8) is 0 Å². The molecule has 1 unspecified atom stereocenters. The lowest BCUT2D eigenvalue weighted by Gasteiger charge is -2.09. The van der Waals surface area contributed by atoms with Gasteiger partial charge in [0.15, 0.2) is 0 Å². The van der Waals surface area contributed by atoms with Gasteiger partial charge in [-0.25, -0.2) is 8.78 Å². The number of halogens is 2. The van der Waals surface area contributed by atoms with Crippen LogP contribution in [0.2, 0.25) is 0 Å². The maximum absolute atomic E-state index is 13.2. The summed E-state index contributed by atoms with van der Waals surface area (Å²) in [6.45, 7) is 2.58. The Kier molecular flexibility index (Phi) is 5.35. The van der Waals surface area contributed by atoms with E-state index in [1.807, 2.05) is 6.92 Å². The Hall–Kier alpha value is -1.00. The van der Waals surface area contributed by atoms with Crippen LogP contribution in [0, 0.1) is 11.6 Å². The predicted molar refractivity (Wildman–Crippen MR) is 59.0 cm³/mol. The summed E-state index contributed by atoms with van der Waals surface area (Å²) in [4.78, 5) is 0. The van der Waals surface area contributed by atoms with Crippen molar-refractivity contribution in [3.05, 3.63) is 35.4 Å². The number of hydrogen-bond donors (Lipinski definition) is 2. The van der Waals surface area contributed by atoms with Gasteiger partial charge in [0.2, 0.25) is 0 Å². The van der Waals surface area contributed by atoms with E-state index < -0.39 is 11.6 Å². The Morgan fingerprint density at radius 3 is 2.50 bits per heavy atom. The van der Waals surface area contributed by atoms with Crippen molar-refractivity contribution in [1.29, 1.82) is 0 Å². The quantitative estimate of drug-likeness (QED) is 0.733. The van der Waals surface area contributed by atoms with Gasteiger partial charge in [0, 0.05) is 12.1 Å². The molecule has 1 rings (SSSR count). The molecule has 0 bridgehead atoms. The average Bonchev–Trinajstić information content (AvgIpc) is 2.27. The Balaban J connectivity index is 2.37. The molecule has 16 heavy (non-hydrogen) atoms. The minimum Gasteiger partial charge on any atom is -0.393 e. The highest BCUT2D eigenvalue weighted by molar-refractivity contribution is 5.19. The summed E-state index contributed by atoms with van der Waals surface area (Å²) >= 11 is 0. The van der Waals surface area contributed by atoms with Crippen molar-refractivity contribution in [2.24, 2.45) is 0 Å². The monoisotopic (exact) mass is 229 g/mol. The van der Waals surface area contributed by atoms with E-state index in [0.29, 0.717) is 19.4 Å². The van der Waals surface area contributed by atoms with Crippen LogP contribution in [0.15, 0.2) is 18.2 Å².